The molecule has 0 saturated heterocycles. The number of benzene rings is 1. The van der Waals surface area contributed by atoms with Crippen LogP contribution in [0.2, 0.25) is 0 Å². The van der Waals surface area contributed by atoms with Gasteiger partial charge in [0.25, 0.3) is 0 Å². The van der Waals surface area contributed by atoms with Crippen molar-refractivity contribution >= 4 is 5.69 Å². The lowest BCUT2D eigenvalue weighted by Crippen LogP contribution is -2.29. The molecule has 0 amide bonds. The lowest BCUT2D eigenvalue weighted by atomic mass is 10.0. The van der Waals surface area contributed by atoms with Gasteiger partial charge >= 0.3 is 0 Å². The molecule has 0 spiro atoms. The summed E-state index contributed by atoms with van der Waals surface area (Å²) in [7, 11) is 1.86. The molecule has 1 rings (SSSR count). The summed E-state index contributed by atoms with van der Waals surface area (Å²) in [6, 6.07) is 5.01. The standard InChI is InChI=1S/C14H23FN2O/c1-5-16-11(3)14-12(15)7-6-8-13(14)17(4)9-10(2)18/h6-8,10-11,16,18H,5,9H2,1-4H3. The molecule has 2 atom stereocenters. The molecule has 0 heterocycles. The molecule has 1 aromatic rings. The van der Waals surface area contributed by atoms with Gasteiger partial charge in [0.1, 0.15) is 5.82 Å². The summed E-state index contributed by atoms with van der Waals surface area (Å²) in [5.41, 5.74) is 1.48. The van der Waals surface area contributed by atoms with Gasteiger partial charge in [0.15, 0.2) is 0 Å². The van der Waals surface area contributed by atoms with Gasteiger partial charge in [0, 0.05) is 30.9 Å². The highest BCUT2D eigenvalue weighted by Gasteiger charge is 2.17. The van der Waals surface area contributed by atoms with Gasteiger partial charge in [-0.15, -0.1) is 0 Å². The van der Waals surface area contributed by atoms with E-state index in [1.807, 2.05) is 31.9 Å². The minimum atomic E-state index is -0.444. The summed E-state index contributed by atoms with van der Waals surface area (Å²) in [6.07, 6.45) is -0.444. The van der Waals surface area contributed by atoms with Crippen LogP contribution in [0.5, 0.6) is 0 Å². The van der Waals surface area contributed by atoms with Crippen molar-refractivity contribution in [1.82, 2.24) is 5.32 Å². The Hall–Kier alpha value is -1.13. The number of anilines is 1. The highest BCUT2D eigenvalue weighted by Crippen LogP contribution is 2.28. The molecule has 0 aromatic heterocycles. The first kappa shape index (κ1) is 14.9. The lowest BCUT2D eigenvalue weighted by molar-refractivity contribution is 0.201. The molecule has 0 radical (unpaired) electrons. The predicted molar refractivity (Wildman–Crippen MR) is 73.4 cm³/mol. The highest BCUT2D eigenvalue weighted by atomic mass is 19.1. The summed E-state index contributed by atoms with van der Waals surface area (Å²) in [6.45, 7) is 6.94. The number of aliphatic hydroxyl groups excluding tert-OH is 1. The topological polar surface area (TPSA) is 35.5 Å². The SMILES string of the molecule is CCNC(C)c1c(F)cccc1N(C)CC(C)O. The third-order valence-corrected chi connectivity index (χ3v) is 2.92. The van der Waals surface area contributed by atoms with Crippen LogP contribution < -0.4 is 10.2 Å². The zero-order chi connectivity index (χ0) is 13.7. The van der Waals surface area contributed by atoms with Gasteiger partial charge in [-0.1, -0.05) is 13.0 Å². The average Bonchev–Trinajstić information content (AvgIpc) is 2.27. The van der Waals surface area contributed by atoms with E-state index in [1.165, 1.54) is 6.07 Å². The zero-order valence-electron chi connectivity index (χ0n) is 11.6. The molecule has 0 aliphatic rings. The van der Waals surface area contributed by atoms with E-state index in [-0.39, 0.29) is 11.9 Å². The Morgan fingerprint density at radius 1 is 1.39 bits per heavy atom. The molecular formula is C14H23FN2O. The van der Waals surface area contributed by atoms with Gasteiger partial charge in [0.05, 0.1) is 6.10 Å². The second-order valence-corrected chi connectivity index (χ2v) is 4.68. The lowest BCUT2D eigenvalue weighted by Gasteiger charge is -2.26. The van der Waals surface area contributed by atoms with Crippen molar-refractivity contribution in [3.63, 3.8) is 0 Å². The number of hydrogen-bond donors (Lipinski definition) is 2. The van der Waals surface area contributed by atoms with Crippen LogP contribution in [0.3, 0.4) is 0 Å². The zero-order valence-corrected chi connectivity index (χ0v) is 11.6. The maximum atomic E-state index is 14.0. The maximum absolute atomic E-state index is 14.0. The van der Waals surface area contributed by atoms with Crippen LogP contribution in [0.1, 0.15) is 32.4 Å². The van der Waals surface area contributed by atoms with E-state index < -0.39 is 6.10 Å². The van der Waals surface area contributed by atoms with Crippen molar-refractivity contribution in [1.29, 1.82) is 0 Å². The van der Waals surface area contributed by atoms with Gasteiger partial charge in [-0.2, -0.15) is 0 Å². The normalized spacial score (nSPS) is 14.3. The second kappa shape index (κ2) is 6.71. The molecule has 102 valence electrons. The maximum Gasteiger partial charge on any atom is 0.130 e. The van der Waals surface area contributed by atoms with Crippen LogP contribution in [0.15, 0.2) is 18.2 Å². The third kappa shape index (κ3) is 3.68. The number of nitrogens with one attached hydrogen (secondary N) is 1. The van der Waals surface area contributed by atoms with Gasteiger partial charge < -0.3 is 15.3 Å². The molecule has 1 aromatic carbocycles. The first-order chi connectivity index (χ1) is 8.47. The quantitative estimate of drug-likeness (QED) is 0.817. The molecule has 2 N–H and O–H groups in total. The first-order valence-corrected chi connectivity index (χ1v) is 6.38. The van der Waals surface area contributed by atoms with Crippen LogP contribution in [0.25, 0.3) is 0 Å². The second-order valence-electron chi connectivity index (χ2n) is 4.68. The Morgan fingerprint density at radius 2 is 2.06 bits per heavy atom. The number of likely N-dealkylation sites (N-methyl/N-ethyl adjacent to an activating group) is 1. The first-order valence-electron chi connectivity index (χ1n) is 6.38. The smallest absolute Gasteiger partial charge is 0.130 e. The van der Waals surface area contributed by atoms with Crippen molar-refractivity contribution in [3.8, 4) is 0 Å². The third-order valence-electron chi connectivity index (χ3n) is 2.92. The van der Waals surface area contributed by atoms with E-state index >= 15 is 0 Å². The van der Waals surface area contributed by atoms with Crippen LogP contribution in [-0.4, -0.2) is 31.3 Å². The molecule has 18 heavy (non-hydrogen) atoms. The van der Waals surface area contributed by atoms with Gasteiger partial charge in [-0.3, -0.25) is 0 Å². The van der Waals surface area contributed by atoms with Crippen molar-refractivity contribution in [2.45, 2.75) is 32.9 Å². The Balaban J connectivity index is 3.06. The van der Waals surface area contributed by atoms with Crippen LogP contribution in [0.4, 0.5) is 10.1 Å². The summed E-state index contributed by atoms with van der Waals surface area (Å²) in [4.78, 5) is 1.89. The molecule has 4 heteroatoms. The van der Waals surface area contributed by atoms with Crippen LogP contribution >= 0.6 is 0 Å². The molecule has 0 aliphatic carbocycles. The van der Waals surface area contributed by atoms with Gasteiger partial charge in [0.2, 0.25) is 0 Å². The number of hydrogen-bond acceptors (Lipinski definition) is 3. The monoisotopic (exact) mass is 254 g/mol. The van der Waals surface area contributed by atoms with Crippen molar-refractivity contribution in [2.75, 3.05) is 25.0 Å². The Kier molecular flexibility index (Phi) is 5.56. The minimum Gasteiger partial charge on any atom is -0.392 e. The number of aliphatic hydroxyl groups is 1. The largest absolute Gasteiger partial charge is 0.392 e. The highest BCUT2D eigenvalue weighted by molar-refractivity contribution is 5.55. The summed E-state index contributed by atoms with van der Waals surface area (Å²) < 4.78 is 14.0. The van der Waals surface area contributed by atoms with Crippen molar-refractivity contribution < 1.29 is 9.50 Å². The van der Waals surface area contributed by atoms with Crippen molar-refractivity contribution in [3.05, 3.63) is 29.6 Å². The predicted octanol–water partition coefficient (Wildman–Crippen LogP) is 2.31. The van der Waals surface area contributed by atoms with Gasteiger partial charge in [-0.05, 0) is 32.5 Å². The average molecular weight is 254 g/mol. The van der Waals surface area contributed by atoms with Gasteiger partial charge in [-0.25, -0.2) is 4.39 Å². The Morgan fingerprint density at radius 3 is 2.61 bits per heavy atom. The van der Waals surface area contributed by atoms with Crippen LogP contribution in [0, 0.1) is 5.82 Å². The summed E-state index contributed by atoms with van der Waals surface area (Å²) in [5.74, 6) is -0.210. The fourth-order valence-corrected chi connectivity index (χ4v) is 2.19. The molecule has 0 aliphatic heterocycles. The molecule has 0 bridgehead atoms. The number of halogens is 1. The number of nitrogens with zero attached hydrogens (tertiary/aromatic N) is 1. The van der Waals surface area contributed by atoms with Crippen LogP contribution in [-0.2, 0) is 0 Å². The van der Waals surface area contributed by atoms with E-state index in [0.29, 0.717) is 12.1 Å². The summed E-state index contributed by atoms with van der Waals surface area (Å²) >= 11 is 0. The molecule has 3 nitrogen and oxygen atoms in total. The van der Waals surface area contributed by atoms with E-state index in [1.54, 1.807) is 13.0 Å². The Bertz CT molecular complexity index is 382. The van der Waals surface area contributed by atoms with E-state index in [2.05, 4.69) is 5.32 Å². The van der Waals surface area contributed by atoms with E-state index in [9.17, 15) is 9.50 Å². The molecule has 0 fully saturated rings. The number of rotatable bonds is 6. The van der Waals surface area contributed by atoms with E-state index in [4.69, 9.17) is 0 Å². The minimum absolute atomic E-state index is 0.0531. The fourth-order valence-electron chi connectivity index (χ4n) is 2.19. The molecule has 2 unspecified atom stereocenters. The summed E-state index contributed by atoms with van der Waals surface area (Å²) in [5, 5.41) is 12.7. The van der Waals surface area contributed by atoms with E-state index in [0.717, 1.165) is 12.2 Å². The molecular weight excluding hydrogens is 231 g/mol. The molecule has 0 saturated carbocycles. The fraction of sp³-hybridized carbons (Fsp3) is 0.571. The van der Waals surface area contributed by atoms with Crippen molar-refractivity contribution in [2.24, 2.45) is 0 Å². The Labute approximate surface area is 109 Å².